The first kappa shape index (κ1) is 22.9. The minimum Gasteiger partial charge on any atom is -0.488 e. The number of fused-ring (bicyclic) bond motifs is 2. The Kier molecular flexibility index (Phi) is 6.37. The van der Waals surface area contributed by atoms with Gasteiger partial charge in [0.15, 0.2) is 0 Å². The Morgan fingerprint density at radius 1 is 0.971 bits per heavy atom. The lowest BCUT2D eigenvalue weighted by Crippen LogP contribution is -2.29. The van der Waals surface area contributed by atoms with Crippen molar-refractivity contribution in [3.8, 4) is 5.75 Å². The van der Waals surface area contributed by atoms with E-state index in [2.05, 4.69) is 61.5 Å². The minimum atomic E-state index is -0.309. The van der Waals surface area contributed by atoms with E-state index in [-0.39, 0.29) is 18.0 Å². The number of benzene rings is 4. The molecule has 4 aromatic rings. The van der Waals surface area contributed by atoms with Crippen LogP contribution < -0.4 is 4.74 Å². The number of methoxy groups -OCH3 is 1. The Morgan fingerprint density at radius 2 is 1.74 bits per heavy atom. The zero-order valence-electron chi connectivity index (χ0n) is 20.3. The number of ether oxygens (including phenoxy) is 2. The van der Waals surface area contributed by atoms with Gasteiger partial charge in [-0.25, -0.2) is 4.79 Å². The number of rotatable bonds is 5. The van der Waals surface area contributed by atoms with E-state index in [0.29, 0.717) is 12.1 Å². The zero-order chi connectivity index (χ0) is 24.4. The van der Waals surface area contributed by atoms with E-state index < -0.39 is 0 Å². The van der Waals surface area contributed by atoms with Gasteiger partial charge in [0.25, 0.3) is 0 Å². The fraction of sp³-hybridized carbons (Fsp3) is 0.226. The van der Waals surface area contributed by atoms with Crippen LogP contribution in [0.25, 0.3) is 10.8 Å². The largest absolute Gasteiger partial charge is 0.488 e. The van der Waals surface area contributed by atoms with Gasteiger partial charge in [0, 0.05) is 22.8 Å². The van der Waals surface area contributed by atoms with Crippen molar-refractivity contribution < 1.29 is 14.3 Å². The van der Waals surface area contributed by atoms with Crippen molar-refractivity contribution in [2.75, 3.05) is 13.7 Å². The molecule has 4 nitrogen and oxygen atoms in total. The summed E-state index contributed by atoms with van der Waals surface area (Å²) in [5.74, 6) is 0.686. The van der Waals surface area contributed by atoms with Crippen LogP contribution in [0, 0.1) is 6.92 Å². The Morgan fingerprint density at radius 3 is 2.60 bits per heavy atom. The molecule has 0 fully saturated rings. The summed E-state index contributed by atoms with van der Waals surface area (Å²) in [7, 11) is 1.42. The zero-order valence-corrected chi connectivity index (χ0v) is 20.3. The van der Waals surface area contributed by atoms with Crippen molar-refractivity contribution in [1.29, 1.82) is 0 Å². The predicted molar refractivity (Wildman–Crippen MR) is 141 cm³/mol. The number of nitrogens with zero attached hydrogens (tertiary/aromatic N) is 1. The molecular formula is C31H29NO3. The summed E-state index contributed by atoms with van der Waals surface area (Å²) in [6, 6.07) is 29.0. The summed E-state index contributed by atoms with van der Waals surface area (Å²) in [4.78, 5) is 17.3. The van der Waals surface area contributed by atoms with Crippen LogP contribution in [0.4, 0.5) is 0 Å². The fourth-order valence-corrected chi connectivity index (χ4v) is 4.97. The average Bonchev–Trinajstić information content (AvgIpc) is 2.90. The Bertz CT molecular complexity index is 1420. The third-order valence-corrected chi connectivity index (χ3v) is 6.87. The first-order valence-corrected chi connectivity index (χ1v) is 12.0. The maximum atomic E-state index is 12.3. The maximum absolute atomic E-state index is 12.3. The van der Waals surface area contributed by atoms with Crippen LogP contribution in [0.5, 0.6) is 5.75 Å². The standard InChI is InChI=1S/C31H29NO3/c1-20-15-16-23(17-28(20)31(33)34-3)29-18-24(35-30-14-7-6-12-27(29)30)19-32-21(2)25-13-8-10-22-9-4-5-11-26(22)25/h4-17,24,29H,18-19H2,1-3H3/t24-,29?/m1/s1. The summed E-state index contributed by atoms with van der Waals surface area (Å²) in [5.41, 5.74) is 5.90. The minimum absolute atomic E-state index is 0.0669. The van der Waals surface area contributed by atoms with Crippen LogP contribution in [-0.4, -0.2) is 31.4 Å². The molecule has 1 aliphatic rings. The van der Waals surface area contributed by atoms with Crippen molar-refractivity contribution in [1.82, 2.24) is 0 Å². The second-order valence-electron chi connectivity index (χ2n) is 9.08. The van der Waals surface area contributed by atoms with Gasteiger partial charge < -0.3 is 9.47 Å². The summed E-state index contributed by atoms with van der Waals surface area (Å²) in [6.45, 7) is 4.57. The highest BCUT2D eigenvalue weighted by Gasteiger charge is 2.30. The number of carbonyl (C=O) groups excluding carboxylic acids is 1. The van der Waals surface area contributed by atoms with Gasteiger partial charge in [-0.05, 0) is 54.3 Å². The van der Waals surface area contributed by atoms with Crippen LogP contribution in [0.2, 0.25) is 0 Å². The van der Waals surface area contributed by atoms with E-state index in [1.165, 1.54) is 17.9 Å². The lowest BCUT2D eigenvalue weighted by molar-refractivity contribution is 0.0599. The van der Waals surface area contributed by atoms with Gasteiger partial charge in [0.1, 0.15) is 11.9 Å². The quantitative estimate of drug-likeness (QED) is 0.244. The van der Waals surface area contributed by atoms with Gasteiger partial charge in [-0.2, -0.15) is 0 Å². The second-order valence-corrected chi connectivity index (χ2v) is 9.08. The smallest absolute Gasteiger partial charge is 0.338 e. The molecule has 0 aromatic heterocycles. The molecule has 176 valence electrons. The third-order valence-electron chi connectivity index (χ3n) is 6.87. The van der Waals surface area contributed by atoms with Gasteiger partial charge in [0.2, 0.25) is 0 Å². The SMILES string of the molecule is COC(=O)c1cc(C2C[C@H](CN=C(C)c3cccc4ccccc34)Oc3ccccc32)ccc1C. The van der Waals surface area contributed by atoms with E-state index in [4.69, 9.17) is 14.5 Å². The Balaban J connectivity index is 1.45. The molecular weight excluding hydrogens is 434 g/mol. The molecule has 2 atom stereocenters. The van der Waals surface area contributed by atoms with Crippen LogP contribution in [0.1, 0.15) is 51.9 Å². The van der Waals surface area contributed by atoms with Gasteiger partial charge in [-0.1, -0.05) is 72.8 Å². The van der Waals surface area contributed by atoms with E-state index in [1.54, 1.807) is 0 Å². The number of hydrogen-bond acceptors (Lipinski definition) is 4. The lowest BCUT2D eigenvalue weighted by atomic mass is 9.83. The van der Waals surface area contributed by atoms with Crippen molar-refractivity contribution in [3.63, 3.8) is 0 Å². The molecule has 0 aliphatic carbocycles. The number of para-hydroxylation sites is 1. The number of hydrogen-bond donors (Lipinski definition) is 0. The second kappa shape index (κ2) is 9.75. The van der Waals surface area contributed by atoms with Crippen molar-refractivity contribution in [2.24, 2.45) is 4.99 Å². The van der Waals surface area contributed by atoms with Crippen LogP contribution in [-0.2, 0) is 4.74 Å². The maximum Gasteiger partial charge on any atom is 0.338 e. The van der Waals surface area contributed by atoms with Gasteiger partial charge in [0.05, 0.1) is 19.2 Å². The Hall–Kier alpha value is -3.92. The van der Waals surface area contributed by atoms with E-state index in [9.17, 15) is 4.79 Å². The molecule has 1 heterocycles. The molecule has 1 aliphatic heterocycles. The first-order valence-electron chi connectivity index (χ1n) is 12.0. The summed E-state index contributed by atoms with van der Waals surface area (Å²) in [5, 5.41) is 2.42. The topological polar surface area (TPSA) is 47.9 Å². The summed E-state index contributed by atoms with van der Waals surface area (Å²) < 4.78 is 11.4. The number of aliphatic imine (C=N–C) groups is 1. The molecule has 0 N–H and O–H groups in total. The summed E-state index contributed by atoms with van der Waals surface area (Å²) >= 11 is 0. The molecule has 0 saturated heterocycles. The van der Waals surface area contributed by atoms with Gasteiger partial charge in [-0.3, -0.25) is 4.99 Å². The van der Waals surface area contributed by atoms with Crippen molar-refractivity contribution >= 4 is 22.5 Å². The Labute approximate surface area is 206 Å². The molecule has 1 unspecified atom stereocenters. The monoisotopic (exact) mass is 463 g/mol. The number of carbonyl (C=O) groups is 1. The molecule has 35 heavy (non-hydrogen) atoms. The van der Waals surface area contributed by atoms with E-state index in [1.807, 2.05) is 37.3 Å². The van der Waals surface area contributed by atoms with Crippen LogP contribution in [0.15, 0.2) is 89.9 Å². The highest BCUT2D eigenvalue weighted by Crippen LogP contribution is 2.41. The molecule has 0 radical (unpaired) electrons. The van der Waals surface area contributed by atoms with Gasteiger partial charge >= 0.3 is 5.97 Å². The fourth-order valence-electron chi connectivity index (χ4n) is 4.97. The van der Waals surface area contributed by atoms with Crippen molar-refractivity contribution in [3.05, 3.63) is 113 Å². The lowest BCUT2D eigenvalue weighted by Gasteiger charge is -2.32. The molecule has 4 aromatic carbocycles. The van der Waals surface area contributed by atoms with Crippen molar-refractivity contribution in [2.45, 2.75) is 32.3 Å². The molecule has 0 amide bonds. The molecule has 5 rings (SSSR count). The third kappa shape index (κ3) is 4.57. The van der Waals surface area contributed by atoms with E-state index >= 15 is 0 Å². The van der Waals surface area contributed by atoms with E-state index in [0.717, 1.165) is 40.1 Å². The highest BCUT2D eigenvalue weighted by atomic mass is 16.5. The predicted octanol–water partition coefficient (Wildman–Crippen LogP) is 6.73. The highest BCUT2D eigenvalue weighted by molar-refractivity contribution is 6.09. The van der Waals surface area contributed by atoms with Gasteiger partial charge in [-0.15, -0.1) is 0 Å². The molecule has 0 bridgehead atoms. The van der Waals surface area contributed by atoms with Crippen LogP contribution >= 0.6 is 0 Å². The average molecular weight is 464 g/mol. The molecule has 4 heteroatoms. The number of aryl methyl sites for hydroxylation is 1. The first-order chi connectivity index (χ1) is 17.0. The summed E-state index contributed by atoms with van der Waals surface area (Å²) in [6.07, 6.45) is 0.718. The normalized spacial score (nSPS) is 17.5. The van der Waals surface area contributed by atoms with Crippen LogP contribution in [0.3, 0.4) is 0 Å². The molecule has 0 spiro atoms. The molecule has 0 saturated carbocycles. The number of esters is 1.